The Kier molecular flexibility index (Phi) is 8.04. The average molecular weight is 476 g/mol. The van der Waals surface area contributed by atoms with E-state index in [1.54, 1.807) is 11.0 Å². The lowest BCUT2D eigenvalue weighted by molar-refractivity contribution is -0.142. The Bertz CT molecular complexity index is 949. The number of nitrogens with one attached hydrogen (secondary N) is 1. The van der Waals surface area contributed by atoms with Crippen LogP contribution in [0.5, 0.6) is 0 Å². The standard InChI is InChI=1S/C26H33F2N2O2S/c1-3-33(4-2)29-25-22(28)17-30(26(31)24-12-7-13-32-24)23(25)15-18-8-5-9-19(14-18)20-10-6-11-21(27)16-20/h5-6,8-11,14,16,22-25,29H,3-4,7,12-13,15,17H2,1-2H3/q+1/t22-,23-,24+,25-/m0/s1. The van der Waals surface area contributed by atoms with Gasteiger partial charge in [0.1, 0.15) is 35.6 Å². The van der Waals surface area contributed by atoms with E-state index in [2.05, 4.69) is 18.6 Å². The second kappa shape index (κ2) is 11.0. The topological polar surface area (TPSA) is 41.6 Å². The summed E-state index contributed by atoms with van der Waals surface area (Å²) < 4.78 is 38.2. The maximum absolute atomic E-state index is 15.3. The highest BCUT2D eigenvalue weighted by atomic mass is 32.2. The van der Waals surface area contributed by atoms with Gasteiger partial charge in [-0.05, 0) is 61.9 Å². The van der Waals surface area contributed by atoms with Crippen LogP contribution in [0.3, 0.4) is 0 Å². The molecule has 0 aromatic heterocycles. The van der Waals surface area contributed by atoms with Gasteiger partial charge in [0, 0.05) is 6.61 Å². The van der Waals surface area contributed by atoms with Gasteiger partial charge in [0.25, 0.3) is 5.91 Å². The van der Waals surface area contributed by atoms with Gasteiger partial charge in [-0.15, -0.1) is 4.72 Å². The lowest BCUT2D eigenvalue weighted by Gasteiger charge is -2.29. The highest BCUT2D eigenvalue weighted by Crippen LogP contribution is 2.30. The lowest BCUT2D eigenvalue weighted by Crippen LogP contribution is -2.51. The molecule has 2 aliphatic rings. The van der Waals surface area contributed by atoms with Crippen molar-refractivity contribution < 1.29 is 18.3 Å². The number of hydrogen-bond donors (Lipinski definition) is 1. The molecule has 2 aliphatic heterocycles. The molecule has 2 aromatic carbocycles. The maximum Gasteiger partial charge on any atom is 0.252 e. The first-order valence-corrected chi connectivity index (χ1v) is 13.4. The van der Waals surface area contributed by atoms with Crippen LogP contribution in [0.4, 0.5) is 8.78 Å². The van der Waals surface area contributed by atoms with Crippen LogP contribution in [0.1, 0.15) is 32.3 Å². The molecule has 0 unspecified atom stereocenters. The number of amides is 1. The molecule has 0 spiro atoms. The van der Waals surface area contributed by atoms with Gasteiger partial charge >= 0.3 is 0 Å². The van der Waals surface area contributed by atoms with Crippen LogP contribution in [-0.4, -0.2) is 59.8 Å². The van der Waals surface area contributed by atoms with Crippen molar-refractivity contribution in [2.24, 2.45) is 0 Å². The fourth-order valence-corrected chi connectivity index (χ4v) is 6.25. The average Bonchev–Trinajstić information content (AvgIpc) is 3.46. The van der Waals surface area contributed by atoms with Crippen molar-refractivity contribution in [3.63, 3.8) is 0 Å². The molecule has 0 radical (unpaired) electrons. The summed E-state index contributed by atoms with van der Waals surface area (Å²) in [5, 5.41) is 0. The first-order valence-electron chi connectivity index (χ1n) is 11.8. The Labute approximate surface area is 198 Å². The largest absolute Gasteiger partial charge is 0.368 e. The second-order valence-corrected chi connectivity index (χ2v) is 11.1. The van der Waals surface area contributed by atoms with Gasteiger partial charge in [-0.3, -0.25) is 4.79 Å². The highest BCUT2D eigenvalue weighted by Gasteiger charge is 2.48. The van der Waals surface area contributed by atoms with Gasteiger partial charge in [0.2, 0.25) is 0 Å². The molecule has 4 rings (SSSR count). The normalized spacial score (nSPS) is 25.2. The number of ether oxygens (including phenoxy) is 1. The number of carbonyl (C=O) groups excluding carboxylic acids is 1. The first-order chi connectivity index (χ1) is 16.0. The zero-order valence-corrected chi connectivity index (χ0v) is 20.1. The summed E-state index contributed by atoms with van der Waals surface area (Å²) in [4.78, 5) is 15.0. The third kappa shape index (κ3) is 5.58. The number of carbonyl (C=O) groups is 1. The quantitative estimate of drug-likeness (QED) is 0.579. The van der Waals surface area contributed by atoms with E-state index in [4.69, 9.17) is 4.74 Å². The van der Waals surface area contributed by atoms with E-state index in [0.717, 1.165) is 34.6 Å². The minimum Gasteiger partial charge on any atom is -0.368 e. The second-order valence-electron chi connectivity index (χ2n) is 8.70. The molecule has 1 N–H and O–H groups in total. The maximum atomic E-state index is 15.3. The van der Waals surface area contributed by atoms with E-state index in [-0.39, 0.29) is 35.4 Å². The molecule has 178 valence electrons. The van der Waals surface area contributed by atoms with Crippen LogP contribution >= 0.6 is 0 Å². The van der Waals surface area contributed by atoms with E-state index >= 15 is 4.39 Å². The zero-order chi connectivity index (χ0) is 23.4. The van der Waals surface area contributed by atoms with Crippen LogP contribution in [0, 0.1) is 5.82 Å². The van der Waals surface area contributed by atoms with Crippen molar-refractivity contribution in [1.29, 1.82) is 0 Å². The van der Waals surface area contributed by atoms with Crippen LogP contribution < -0.4 is 4.72 Å². The van der Waals surface area contributed by atoms with Crippen LogP contribution in [0.25, 0.3) is 11.1 Å². The van der Waals surface area contributed by atoms with Gasteiger partial charge in [-0.25, -0.2) is 8.78 Å². The fraction of sp³-hybridized carbons (Fsp3) is 0.500. The summed E-state index contributed by atoms with van der Waals surface area (Å²) in [6.07, 6.45) is 0.498. The van der Waals surface area contributed by atoms with Crippen molar-refractivity contribution in [1.82, 2.24) is 9.62 Å². The third-order valence-corrected chi connectivity index (χ3v) is 8.59. The number of rotatable bonds is 8. The summed E-state index contributed by atoms with van der Waals surface area (Å²) in [7, 11) is 0. The molecule has 2 aromatic rings. The molecule has 0 aliphatic carbocycles. The Morgan fingerprint density at radius 2 is 1.88 bits per heavy atom. The molecular formula is C26H33F2N2O2S+. The SMILES string of the molecule is CC[S+](CC)N[C@H]1[C@@H](F)CN(C(=O)[C@H]2CCCO2)[C@H]1Cc1cccc(-c2cccc(F)c2)c1. The molecule has 2 saturated heterocycles. The molecular weight excluding hydrogens is 442 g/mol. The van der Waals surface area contributed by atoms with Crippen molar-refractivity contribution in [2.75, 3.05) is 24.7 Å². The fourth-order valence-electron chi connectivity index (χ4n) is 4.82. The minimum atomic E-state index is -1.13. The summed E-state index contributed by atoms with van der Waals surface area (Å²) >= 11 is -0.0953. The molecule has 2 fully saturated rings. The lowest BCUT2D eigenvalue weighted by atomic mass is 9.96. The van der Waals surface area contributed by atoms with E-state index in [9.17, 15) is 9.18 Å². The summed E-state index contributed by atoms with van der Waals surface area (Å²) in [6.45, 7) is 4.89. The van der Waals surface area contributed by atoms with Gasteiger partial charge in [0.15, 0.2) is 0 Å². The van der Waals surface area contributed by atoms with Gasteiger partial charge in [0.05, 0.1) is 23.7 Å². The summed E-state index contributed by atoms with van der Waals surface area (Å²) in [6, 6.07) is 13.7. The van der Waals surface area contributed by atoms with E-state index in [0.29, 0.717) is 19.4 Å². The molecule has 4 atom stereocenters. The van der Waals surface area contributed by atoms with E-state index in [1.807, 2.05) is 30.3 Å². The Hall–Kier alpha value is -1.96. The smallest absolute Gasteiger partial charge is 0.252 e. The van der Waals surface area contributed by atoms with Gasteiger partial charge in [-0.1, -0.05) is 36.4 Å². The van der Waals surface area contributed by atoms with Crippen molar-refractivity contribution >= 4 is 17.0 Å². The van der Waals surface area contributed by atoms with Gasteiger partial charge < -0.3 is 9.64 Å². The molecule has 0 saturated carbocycles. The number of nitrogens with zero attached hydrogens (tertiary/aromatic N) is 1. The monoisotopic (exact) mass is 475 g/mol. The van der Waals surface area contributed by atoms with Crippen LogP contribution in [-0.2, 0) is 27.0 Å². The predicted octanol–water partition coefficient (Wildman–Crippen LogP) is 4.29. The number of alkyl halides is 1. The van der Waals surface area contributed by atoms with E-state index < -0.39 is 18.3 Å². The predicted molar refractivity (Wildman–Crippen MR) is 130 cm³/mol. The number of hydrogen-bond acceptors (Lipinski definition) is 3. The molecule has 4 nitrogen and oxygen atoms in total. The Morgan fingerprint density at radius 3 is 2.55 bits per heavy atom. The highest BCUT2D eigenvalue weighted by molar-refractivity contribution is 7.94. The van der Waals surface area contributed by atoms with Crippen LogP contribution in [0.15, 0.2) is 48.5 Å². The first kappa shape index (κ1) is 24.2. The van der Waals surface area contributed by atoms with Crippen molar-refractivity contribution in [3.8, 4) is 11.1 Å². The van der Waals surface area contributed by atoms with Crippen molar-refractivity contribution in [3.05, 3.63) is 59.9 Å². The van der Waals surface area contributed by atoms with Crippen molar-refractivity contribution in [2.45, 2.75) is 57.5 Å². The van der Waals surface area contributed by atoms with Gasteiger partial charge in [-0.2, -0.15) is 0 Å². The zero-order valence-electron chi connectivity index (χ0n) is 19.3. The Balaban J connectivity index is 1.61. The molecule has 1 amide bonds. The molecule has 0 bridgehead atoms. The molecule has 7 heteroatoms. The number of halogens is 2. The van der Waals surface area contributed by atoms with E-state index in [1.165, 1.54) is 12.1 Å². The minimum absolute atomic E-state index is 0.0925. The molecule has 33 heavy (non-hydrogen) atoms. The number of likely N-dealkylation sites (tertiary alicyclic amines) is 1. The molecule has 2 heterocycles. The number of benzene rings is 2. The summed E-state index contributed by atoms with van der Waals surface area (Å²) in [5.74, 6) is 1.49. The Morgan fingerprint density at radius 1 is 1.15 bits per heavy atom. The third-order valence-electron chi connectivity index (χ3n) is 6.59. The summed E-state index contributed by atoms with van der Waals surface area (Å²) in [5.41, 5.74) is 2.71. The van der Waals surface area contributed by atoms with Crippen LogP contribution in [0.2, 0.25) is 0 Å².